The van der Waals surface area contributed by atoms with Crippen molar-refractivity contribution >= 4 is 46.4 Å². The molecule has 2 aromatic carbocycles. The molecule has 3 nitrogen and oxygen atoms in total. The summed E-state index contributed by atoms with van der Waals surface area (Å²) in [6, 6.07) is 7.86. The van der Waals surface area contributed by atoms with Gasteiger partial charge in [0.1, 0.15) is 0 Å². The molecule has 1 amide bonds. The minimum absolute atomic E-state index is 0.0649. The van der Waals surface area contributed by atoms with Gasteiger partial charge in [-0.05, 0) is 42.8 Å². The van der Waals surface area contributed by atoms with Crippen LogP contribution in [0.4, 0.5) is 5.69 Å². The number of anilines is 1. The van der Waals surface area contributed by atoms with E-state index in [1.165, 1.54) is 12.1 Å². The number of hydrogen-bond donors (Lipinski definition) is 2. The lowest BCUT2D eigenvalue weighted by molar-refractivity contribution is 0.102. The van der Waals surface area contributed by atoms with Gasteiger partial charge in [0.15, 0.2) is 5.75 Å². The summed E-state index contributed by atoms with van der Waals surface area (Å²) in [5.74, 6) is -0.557. The first-order valence-corrected chi connectivity index (χ1v) is 6.77. The number of halogens is 3. The Balaban J connectivity index is 2.28. The Hall–Kier alpha value is -1.42. The lowest BCUT2D eigenvalue weighted by atomic mass is 10.1. The van der Waals surface area contributed by atoms with Gasteiger partial charge in [-0.25, -0.2) is 0 Å². The molecule has 2 N–H and O–H groups in total. The second-order valence-electron chi connectivity index (χ2n) is 4.26. The van der Waals surface area contributed by atoms with E-state index in [-0.39, 0.29) is 21.7 Å². The highest BCUT2D eigenvalue weighted by Crippen LogP contribution is 2.34. The number of nitrogens with one attached hydrogen (secondary N) is 1. The van der Waals surface area contributed by atoms with Crippen LogP contribution in [0.3, 0.4) is 0 Å². The van der Waals surface area contributed by atoms with Gasteiger partial charge in [-0.15, -0.1) is 0 Å². The molecule has 0 bridgehead atoms. The molecule has 0 spiro atoms. The summed E-state index contributed by atoms with van der Waals surface area (Å²) < 4.78 is 0. The van der Waals surface area contributed by atoms with Gasteiger partial charge in [0, 0.05) is 16.3 Å². The maximum Gasteiger partial charge on any atom is 0.255 e. The molecule has 0 aliphatic rings. The summed E-state index contributed by atoms with van der Waals surface area (Å²) in [4.78, 5) is 12.1. The van der Waals surface area contributed by atoms with Crippen molar-refractivity contribution in [1.29, 1.82) is 0 Å². The van der Waals surface area contributed by atoms with Crippen LogP contribution in [-0.4, -0.2) is 11.0 Å². The molecule has 0 atom stereocenters. The third-order valence-corrected chi connectivity index (χ3v) is 3.37. The number of hydrogen-bond acceptors (Lipinski definition) is 2. The molecular formula is C14H10Cl3NO2. The molecule has 0 aliphatic carbocycles. The second-order valence-corrected chi connectivity index (χ2v) is 5.51. The number of carbonyl (C=O) groups is 1. The third kappa shape index (κ3) is 3.37. The smallest absolute Gasteiger partial charge is 0.255 e. The fourth-order valence-corrected chi connectivity index (χ4v) is 2.49. The maximum absolute atomic E-state index is 12.1. The van der Waals surface area contributed by atoms with Gasteiger partial charge in [-0.3, -0.25) is 4.79 Å². The Morgan fingerprint density at radius 1 is 1.05 bits per heavy atom. The van der Waals surface area contributed by atoms with Gasteiger partial charge in [0.05, 0.1) is 10.0 Å². The van der Waals surface area contributed by atoms with Crippen LogP contribution in [-0.2, 0) is 0 Å². The van der Waals surface area contributed by atoms with E-state index in [1.807, 2.05) is 6.92 Å². The van der Waals surface area contributed by atoms with Gasteiger partial charge >= 0.3 is 0 Å². The molecular weight excluding hydrogens is 321 g/mol. The highest BCUT2D eigenvalue weighted by atomic mass is 35.5. The first-order valence-electron chi connectivity index (χ1n) is 5.63. The van der Waals surface area contributed by atoms with E-state index in [9.17, 15) is 9.90 Å². The van der Waals surface area contributed by atoms with Crippen molar-refractivity contribution in [3.05, 3.63) is 56.5 Å². The number of aromatic hydroxyl groups is 1. The van der Waals surface area contributed by atoms with Gasteiger partial charge in [-0.1, -0.05) is 34.8 Å². The summed E-state index contributed by atoms with van der Waals surface area (Å²) in [5, 5.41) is 12.7. The van der Waals surface area contributed by atoms with Crippen LogP contribution in [0, 0.1) is 6.92 Å². The quantitative estimate of drug-likeness (QED) is 0.768. The van der Waals surface area contributed by atoms with Crippen LogP contribution < -0.4 is 5.32 Å². The summed E-state index contributed by atoms with van der Waals surface area (Å²) in [6.07, 6.45) is 0. The molecule has 0 aliphatic heterocycles. The number of carbonyl (C=O) groups excluding carboxylic acids is 1. The molecule has 0 fully saturated rings. The van der Waals surface area contributed by atoms with Crippen LogP contribution in [0.2, 0.25) is 15.1 Å². The Kier molecular flexibility index (Phi) is 4.43. The lowest BCUT2D eigenvalue weighted by Crippen LogP contribution is -2.12. The zero-order chi connectivity index (χ0) is 14.9. The first kappa shape index (κ1) is 15.0. The molecule has 2 aromatic rings. The monoisotopic (exact) mass is 329 g/mol. The van der Waals surface area contributed by atoms with Crippen LogP contribution in [0.1, 0.15) is 15.9 Å². The molecule has 0 aromatic heterocycles. The molecule has 2 rings (SSSR count). The lowest BCUT2D eigenvalue weighted by Gasteiger charge is -2.09. The number of rotatable bonds is 2. The fraction of sp³-hybridized carbons (Fsp3) is 0.0714. The van der Waals surface area contributed by atoms with Gasteiger partial charge in [-0.2, -0.15) is 0 Å². The molecule has 0 heterocycles. The standard InChI is InChI=1S/C14H10Cl3NO2/c1-7-2-8(4-9(15)3-7)14(20)18-10-5-11(16)13(19)12(17)6-10/h2-6,19H,1H3,(H,18,20). The van der Waals surface area contributed by atoms with Crippen molar-refractivity contribution in [3.8, 4) is 5.75 Å². The predicted molar refractivity (Wildman–Crippen MR) is 82.3 cm³/mol. The number of phenolic OH excluding ortho intramolecular Hbond substituents is 1. The second kappa shape index (κ2) is 5.92. The van der Waals surface area contributed by atoms with Crippen LogP contribution >= 0.6 is 34.8 Å². The van der Waals surface area contributed by atoms with Crippen molar-refractivity contribution in [3.63, 3.8) is 0 Å². The molecule has 0 saturated carbocycles. The normalized spacial score (nSPS) is 10.4. The molecule has 20 heavy (non-hydrogen) atoms. The van der Waals surface area contributed by atoms with Crippen molar-refractivity contribution < 1.29 is 9.90 Å². The first-order chi connectivity index (χ1) is 9.36. The summed E-state index contributed by atoms with van der Waals surface area (Å²) in [5.41, 5.74) is 1.69. The van der Waals surface area contributed by atoms with Crippen LogP contribution in [0.5, 0.6) is 5.75 Å². The van der Waals surface area contributed by atoms with E-state index in [4.69, 9.17) is 34.8 Å². The number of benzene rings is 2. The summed E-state index contributed by atoms with van der Waals surface area (Å²) >= 11 is 17.5. The van der Waals surface area contributed by atoms with Crippen LogP contribution in [0.25, 0.3) is 0 Å². The minimum Gasteiger partial charge on any atom is -0.505 e. The highest BCUT2D eigenvalue weighted by molar-refractivity contribution is 6.37. The van der Waals surface area contributed by atoms with E-state index in [0.717, 1.165) is 5.56 Å². The van der Waals surface area contributed by atoms with E-state index in [1.54, 1.807) is 18.2 Å². The minimum atomic E-state index is -0.339. The zero-order valence-corrected chi connectivity index (χ0v) is 12.6. The molecule has 0 saturated heterocycles. The summed E-state index contributed by atoms with van der Waals surface area (Å²) in [7, 11) is 0. The van der Waals surface area contributed by atoms with Crippen molar-refractivity contribution in [1.82, 2.24) is 0 Å². The Morgan fingerprint density at radius 2 is 1.65 bits per heavy atom. The maximum atomic E-state index is 12.1. The van der Waals surface area contributed by atoms with E-state index < -0.39 is 0 Å². The Labute approximate surface area is 131 Å². The third-order valence-electron chi connectivity index (χ3n) is 2.58. The van der Waals surface area contributed by atoms with E-state index in [2.05, 4.69) is 5.32 Å². The van der Waals surface area contributed by atoms with Gasteiger partial charge in [0.2, 0.25) is 0 Å². The van der Waals surface area contributed by atoms with Gasteiger partial charge < -0.3 is 10.4 Å². The number of phenols is 1. The number of aryl methyl sites for hydroxylation is 1. The van der Waals surface area contributed by atoms with E-state index >= 15 is 0 Å². The average molecular weight is 331 g/mol. The zero-order valence-electron chi connectivity index (χ0n) is 10.4. The molecule has 0 radical (unpaired) electrons. The largest absolute Gasteiger partial charge is 0.505 e. The van der Waals surface area contributed by atoms with Crippen molar-refractivity contribution in [2.75, 3.05) is 5.32 Å². The Morgan fingerprint density at radius 3 is 2.20 bits per heavy atom. The predicted octanol–water partition coefficient (Wildman–Crippen LogP) is 4.91. The highest BCUT2D eigenvalue weighted by Gasteiger charge is 2.11. The fourth-order valence-electron chi connectivity index (χ4n) is 1.71. The molecule has 0 unspecified atom stereocenters. The van der Waals surface area contributed by atoms with Gasteiger partial charge in [0.25, 0.3) is 5.91 Å². The molecule has 6 heteroatoms. The van der Waals surface area contributed by atoms with Crippen molar-refractivity contribution in [2.24, 2.45) is 0 Å². The van der Waals surface area contributed by atoms with Crippen molar-refractivity contribution in [2.45, 2.75) is 6.92 Å². The van der Waals surface area contributed by atoms with Crippen LogP contribution in [0.15, 0.2) is 30.3 Å². The average Bonchev–Trinajstić information content (AvgIpc) is 2.34. The topological polar surface area (TPSA) is 49.3 Å². The van der Waals surface area contributed by atoms with E-state index in [0.29, 0.717) is 16.3 Å². The SMILES string of the molecule is Cc1cc(Cl)cc(C(=O)Nc2cc(Cl)c(O)c(Cl)c2)c1. The summed E-state index contributed by atoms with van der Waals surface area (Å²) in [6.45, 7) is 1.84. The molecule has 104 valence electrons. The Bertz CT molecular complexity index is 643. The number of amides is 1.